The number of esters is 2. The Morgan fingerprint density at radius 2 is 0.727 bits per heavy atom. The van der Waals surface area contributed by atoms with Crippen LogP contribution in [0.25, 0.3) is 0 Å². The molecule has 0 aromatic carbocycles. The van der Waals surface area contributed by atoms with Crippen molar-refractivity contribution in [2.45, 2.75) is 168 Å². The summed E-state index contributed by atoms with van der Waals surface area (Å²) in [6.07, 6.45) is 43.5. The SMILES string of the molecule is CCCCC/C=C/C/C=C/CCCCCCCC(=O)OCC(=O)COC(=O)CCCCCCC/C=C/C/C=C/CCCCC. The Labute approximate surface area is 271 Å². The molecule has 5 nitrogen and oxygen atoms in total. The fraction of sp³-hybridized carbons (Fsp3) is 0.718. The predicted molar refractivity (Wildman–Crippen MR) is 186 cm³/mol. The van der Waals surface area contributed by atoms with Crippen molar-refractivity contribution in [1.29, 1.82) is 0 Å². The number of Topliss-reactive ketones (excluding diaryl/α,β-unsaturated/α-hetero) is 1. The molecule has 0 fully saturated rings. The van der Waals surface area contributed by atoms with Gasteiger partial charge in [-0.2, -0.15) is 0 Å². The Balaban J connectivity index is 3.51. The lowest BCUT2D eigenvalue weighted by Gasteiger charge is -2.06. The van der Waals surface area contributed by atoms with Gasteiger partial charge in [-0.1, -0.05) is 127 Å². The molecule has 0 aromatic rings. The van der Waals surface area contributed by atoms with Gasteiger partial charge in [-0.05, 0) is 77.0 Å². The highest BCUT2D eigenvalue weighted by Gasteiger charge is 2.10. The molecule has 0 unspecified atom stereocenters. The molecular formula is C39H66O5. The Hall–Kier alpha value is -2.43. The van der Waals surface area contributed by atoms with E-state index in [0.717, 1.165) is 77.0 Å². The lowest BCUT2D eigenvalue weighted by molar-refractivity contribution is -0.153. The number of unbranched alkanes of at least 4 members (excludes halogenated alkanes) is 16. The molecule has 0 N–H and O–H groups in total. The van der Waals surface area contributed by atoms with Crippen LogP contribution in [0.4, 0.5) is 0 Å². The number of hydrogen-bond acceptors (Lipinski definition) is 5. The zero-order valence-corrected chi connectivity index (χ0v) is 28.5. The van der Waals surface area contributed by atoms with Gasteiger partial charge in [0.2, 0.25) is 5.78 Å². The molecule has 252 valence electrons. The van der Waals surface area contributed by atoms with Crippen molar-refractivity contribution >= 4 is 17.7 Å². The Morgan fingerprint density at radius 3 is 1.09 bits per heavy atom. The molecule has 0 aromatic heterocycles. The van der Waals surface area contributed by atoms with Gasteiger partial charge in [-0.25, -0.2) is 0 Å². The van der Waals surface area contributed by atoms with Crippen LogP contribution in [0.5, 0.6) is 0 Å². The van der Waals surface area contributed by atoms with Crippen LogP contribution in [0.3, 0.4) is 0 Å². The summed E-state index contributed by atoms with van der Waals surface area (Å²) >= 11 is 0. The maximum absolute atomic E-state index is 11.9. The summed E-state index contributed by atoms with van der Waals surface area (Å²) < 4.78 is 10.1. The average molecular weight is 615 g/mol. The fourth-order valence-corrected chi connectivity index (χ4v) is 4.67. The van der Waals surface area contributed by atoms with E-state index in [0.29, 0.717) is 12.8 Å². The Bertz CT molecular complexity index is 728. The van der Waals surface area contributed by atoms with Gasteiger partial charge in [-0.15, -0.1) is 0 Å². The quantitative estimate of drug-likeness (QED) is 0.0428. The second kappa shape index (κ2) is 35.1. The number of allylic oxidation sites excluding steroid dienone is 8. The Morgan fingerprint density at radius 1 is 0.409 bits per heavy atom. The third-order valence-electron chi connectivity index (χ3n) is 7.45. The number of carbonyl (C=O) groups is 3. The molecule has 0 aliphatic heterocycles. The van der Waals surface area contributed by atoms with Crippen molar-refractivity contribution in [3.8, 4) is 0 Å². The summed E-state index contributed by atoms with van der Waals surface area (Å²) in [5.41, 5.74) is 0. The van der Waals surface area contributed by atoms with Crippen LogP contribution in [-0.2, 0) is 23.9 Å². The Kier molecular flexibility index (Phi) is 33.1. The molecule has 0 bridgehead atoms. The van der Waals surface area contributed by atoms with Crippen LogP contribution < -0.4 is 0 Å². The molecule has 0 saturated carbocycles. The second-order valence-corrected chi connectivity index (χ2v) is 11.8. The third-order valence-corrected chi connectivity index (χ3v) is 7.45. The monoisotopic (exact) mass is 614 g/mol. The normalized spacial score (nSPS) is 11.9. The van der Waals surface area contributed by atoms with E-state index < -0.39 is 0 Å². The molecular weight excluding hydrogens is 548 g/mol. The highest BCUT2D eigenvalue weighted by molar-refractivity contribution is 5.85. The van der Waals surface area contributed by atoms with Crippen LogP contribution >= 0.6 is 0 Å². The first-order chi connectivity index (χ1) is 21.6. The van der Waals surface area contributed by atoms with E-state index in [-0.39, 0.29) is 30.9 Å². The van der Waals surface area contributed by atoms with E-state index >= 15 is 0 Å². The lowest BCUT2D eigenvalue weighted by Crippen LogP contribution is -2.20. The van der Waals surface area contributed by atoms with Crippen LogP contribution in [-0.4, -0.2) is 30.9 Å². The first-order valence-electron chi connectivity index (χ1n) is 18.0. The smallest absolute Gasteiger partial charge is 0.306 e. The van der Waals surface area contributed by atoms with Gasteiger partial charge in [0.1, 0.15) is 0 Å². The van der Waals surface area contributed by atoms with E-state index in [9.17, 15) is 14.4 Å². The molecule has 0 aliphatic rings. The van der Waals surface area contributed by atoms with Gasteiger partial charge in [0.25, 0.3) is 0 Å². The summed E-state index contributed by atoms with van der Waals surface area (Å²) in [5.74, 6) is -1.10. The number of ether oxygens (including phenoxy) is 2. The standard InChI is InChI=1S/C39H66O5/c1-3-5-7-9-11-13-15-17-19-21-23-25-27-29-31-33-38(41)43-35-37(40)36-44-39(42)34-32-30-28-26-24-22-20-18-16-14-12-10-8-6-4-2/h11-14,17-20H,3-10,15-16,21-36H2,1-2H3/b13-11+,14-12+,19-17+,20-18+. The number of hydrogen-bond donors (Lipinski definition) is 0. The minimum absolute atomic E-state index is 0.323. The topological polar surface area (TPSA) is 69.7 Å². The molecule has 0 aliphatic carbocycles. The van der Waals surface area contributed by atoms with Gasteiger partial charge in [0.05, 0.1) is 0 Å². The zero-order valence-electron chi connectivity index (χ0n) is 28.5. The highest BCUT2D eigenvalue weighted by Crippen LogP contribution is 2.10. The summed E-state index contributed by atoms with van der Waals surface area (Å²) in [7, 11) is 0. The molecule has 0 saturated heterocycles. The van der Waals surface area contributed by atoms with Crippen LogP contribution in [0.15, 0.2) is 48.6 Å². The maximum Gasteiger partial charge on any atom is 0.306 e. The van der Waals surface area contributed by atoms with E-state index in [4.69, 9.17) is 9.47 Å². The highest BCUT2D eigenvalue weighted by atomic mass is 16.6. The van der Waals surface area contributed by atoms with E-state index in [2.05, 4.69) is 62.5 Å². The van der Waals surface area contributed by atoms with E-state index in [1.165, 1.54) is 64.2 Å². The van der Waals surface area contributed by atoms with Crippen LogP contribution in [0.2, 0.25) is 0 Å². The zero-order chi connectivity index (χ0) is 32.2. The van der Waals surface area contributed by atoms with Crippen molar-refractivity contribution in [2.75, 3.05) is 13.2 Å². The molecule has 0 atom stereocenters. The first kappa shape index (κ1) is 41.6. The van der Waals surface area contributed by atoms with Gasteiger partial charge in [0, 0.05) is 12.8 Å². The van der Waals surface area contributed by atoms with Crippen LogP contribution in [0, 0.1) is 0 Å². The van der Waals surface area contributed by atoms with E-state index in [1.807, 2.05) is 0 Å². The molecule has 5 heteroatoms. The van der Waals surface area contributed by atoms with E-state index in [1.54, 1.807) is 0 Å². The molecule has 0 radical (unpaired) electrons. The largest absolute Gasteiger partial charge is 0.458 e. The van der Waals surface area contributed by atoms with Gasteiger partial charge in [-0.3, -0.25) is 14.4 Å². The molecule has 44 heavy (non-hydrogen) atoms. The van der Waals surface area contributed by atoms with Crippen LogP contribution in [0.1, 0.15) is 168 Å². The second-order valence-electron chi connectivity index (χ2n) is 11.8. The number of rotatable bonds is 32. The number of ketones is 1. The van der Waals surface area contributed by atoms with Crippen molar-refractivity contribution in [3.05, 3.63) is 48.6 Å². The fourth-order valence-electron chi connectivity index (χ4n) is 4.67. The summed E-state index contributed by atoms with van der Waals surface area (Å²) in [6, 6.07) is 0. The summed E-state index contributed by atoms with van der Waals surface area (Å²) in [6.45, 7) is 3.81. The molecule has 0 spiro atoms. The van der Waals surface area contributed by atoms with Crippen molar-refractivity contribution in [1.82, 2.24) is 0 Å². The van der Waals surface area contributed by atoms with Crippen molar-refractivity contribution in [2.24, 2.45) is 0 Å². The van der Waals surface area contributed by atoms with Crippen molar-refractivity contribution in [3.63, 3.8) is 0 Å². The average Bonchev–Trinajstić information content (AvgIpc) is 3.02. The first-order valence-corrected chi connectivity index (χ1v) is 18.0. The summed E-state index contributed by atoms with van der Waals surface area (Å²) in [4.78, 5) is 35.7. The number of carbonyl (C=O) groups excluding carboxylic acids is 3. The summed E-state index contributed by atoms with van der Waals surface area (Å²) in [5, 5.41) is 0. The third kappa shape index (κ3) is 34.1. The minimum atomic E-state index is -0.383. The lowest BCUT2D eigenvalue weighted by atomic mass is 10.1. The minimum Gasteiger partial charge on any atom is -0.458 e. The van der Waals surface area contributed by atoms with Gasteiger partial charge in [0.15, 0.2) is 13.2 Å². The maximum atomic E-state index is 11.9. The molecule has 0 amide bonds. The predicted octanol–water partition coefficient (Wildman–Crippen LogP) is 11.3. The van der Waals surface area contributed by atoms with Crippen molar-refractivity contribution < 1.29 is 23.9 Å². The van der Waals surface area contributed by atoms with Gasteiger partial charge < -0.3 is 9.47 Å². The molecule has 0 heterocycles. The van der Waals surface area contributed by atoms with Gasteiger partial charge >= 0.3 is 11.9 Å². The molecule has 0 rings (SSSR count).